The second kappa shape index (κ2) is 9.67. The van der Waals surface area contributed by atoms with Crippen LogP contribution in [-0.2, 0) is 16.6 Å². The summed E-state index contributed by atoms with van der Waals surface area (Å²) in [7, 11) is -3.56. The maximum Gasteiger partial charge on any atom is 0.255 e. The number of benzene rings is 2. The van der Waals surface area contributed by atoms with E-state index < -0.39 is 10.0 Å². The van der Waals surface area contributed by atoms with E-state index in [-0.39, 0.29) is 5.91 Å². The molecule has 4 rings (SSSR count). The van der Waals surface area contributed by atoms with Crippen molar-refractivity contribution in [1.82, 2.24) is 14.1 Å². The van der Waals surface area contributed by atoms with Crippen LogP contribution in [0.3, 0.4) is 0 Å². The van der Waals surface area contributed by atoms with Gasteiger partial charge in [-0.15, -0.1) is 0 Å². The maximum atomic E-state index is 13.2. The number of hydrogen-bond acceptors (Lipinski definition) is 4. The van der Waals surface area contributed by atoms with Gasteiger partial charge in [-0.2, -0.15) is 9.40 Å². The van der Waals surface area contributed by atoms with Crippen LogP contribution in [0.15, 0.2) is 53.4 Å². The number of piperidine rings is 1. The van der Waals surface area contributed by atoms with Gasteiger partial charge >= 0.3 is 0 Å². The van der Waals surface area contributed by atoms with Gasteiger partial charge in [-0.05, 0) is 68.7 Å². The number of amides is 1. The number of carbonyl (C=O) groups excluding carboxylic acids is 1. The third-order valence-electron chi connectivity index (χ3n) is 5.88. The molecule has 1 aliphatic heterocycles. The summed E-state index contributed by atoms with van der Waals surface area (Å²) in [6, 6.07) is 14.1. The van der Waals surface area contributed by atoms with E-state index in [0.717, 1.165) is 24.8 Å². The number of anilines is 1. The number of nitrogens with zero attached hydrogens (tertiary/aromatic N) is 3. The van der Waals surface area contributed by atoms with Crippen LogP contribution in [0.4, 0.5) is 5.69 Å². The highest BCUT2D eigenvalue weighted by Crippen LogP contribution is 2.26. The third kappa shape index (κ3) is 5.13. The zero-order valence-corrected chi connectivity index (χ0v) is 20.3. The maximum absolute atomic E-state index is 13.2. The normalized spacial score (nSPS) is 14.9. The van der Waals surface area contributed by atoms with E-state index in [4.69, 9.17) is 11.6 Å². The fraction of sp³-hybridized carbons (Fsp3) is 0.333. The van der Waals surface area contributed by atoms with Crippen molar-refractivity contribution >= 4 is 33.2 Å². The monoisotopic (exact) mass is 486 g/mol. The molecule has 9 heteroatoms. The van der Waals surface area contributed by atoms with Crippen molar-refractivity contribution in [1.29, 1.82) is 0 Å². The topological polar surface area (TPSA) is 84.3 Å². The molecule has 0 bridgehead atoms. The Bertz CT molecular complexity index is 1250. The molecule has 1 saturated heterocycles. The molecule has 0 unspecified atom stereocenters. The highest BCUT2D eigenvalue weighted by molar-refractivity contribution is 7.89. The standard InChI is InChI=1S/C24H27ClN4O3S/c1-17-23(33(31,32)28-14-4-3-5-15-28)18(2)29(27-17)16-19-6-8-20(9-7-19)24(30)26-22-12-10-21(25)11-13-22/h6-13H,3-5,14-16H2,1-2H3,(H,26,30). The van der Waals surface area contributed by atoms with Gasteiger partial charge in [0.05, 0.1) is 17.9 Å². The van der Waals surface area contributed by atoms with Gasteiger partial charge in [-0.3, -0.25) is 9.48 Å². The summed E-state index contributed by atoms with van der Waals surface area (Å²) >= 11 is 5.88. The van der Waals surface area contributed by atoms with Crippen LogP contribution in [0, 0.1) is 13.8 Å². The molecule has 3 aromatic rings. The fourth-order valence-electron chi connectivity index (χ4n) is 4.11. The van der Waals surface area contributed by atoms with Gasteiger partial charge in [-0.25, -0.2) is 8.42 Å². The molecule has 0 aliphatic carbocycles. The summed E-state index contributed by atoms with van der Waals surface area (Å²) in [5.41, 5.74) is 3.25. The van der Waals surface area contributed by atoms with Crippen LogP contribution >= 0.6 is 11.6 Å². The first-order valence-electron chi connectivity index (χ1n) is 11.0. The Balaban J connectivity index is 1.49. The van der Waals surface area contributed by atoms with Gasteiger partial charge in [0.1, 0.15) is 4.90 Å². The summed E-state index contributed by atoms with van der Waals surface area (Å²) in [4.78, 5) is 12.8. The van der Waals surface area contributed by atoms with E-state index in [2.05, 4.69) is 10.4 Å². The van der Waals surface area contributed by atoms with Crippen LogP contribution < -0.4 is 5.32 Å². The zero-order valence-electron chi connectivity index (χ0n) is 18.7. The number of rotatable bonds is 6. The van der Waals surface area contributed by atoms with Crippen LogP contribution in [-0.4, -0.2) is 41.5 Å². The molecule has 2 aromatic carbocycles. The average Bonchev–Trinajstić information content (AvgIpc) is 3.09. The first-order chi connectivity index (χ1) is 15.8. The second-order valence-electron chi connectivity index (χ2n) is 8.28. The van der Waals surface area contributed by atoms with Crippen molar-refractivity contribution in [3.05, 3.63) is 76.1 Å². The Morgan fingerprint density at radius 2 is 1.64 bits per heavy atom. The Hall–Kier alpha value is -2.68. The first kappa shape index (κ1) is 23.5. The lowest BCUT2D eigenvalue weighted by Gasteiger charge is -2.26. The van der Waals surface area contributed by atoms with E-state index in [1.165, 1.54) is 0 Å². The van der Waals surface area contributed by atoms with E-state index >= 15 is 0 Å². The van der Waals surface area contributed by atoms with Crippen LogP contribution in [0.25, 0.3) is 0 Å². The van der Waals surface area contributed by atoms with Gasteiger partial charge in [0.15, 0.2) is 0 Å². The highest BCUT2D eigenvalue weighted by Gasteiger charge is 2.31. The third-order valence-corrected chi connectivity index (χ3v) is 8.28. The van der Waals surface area contributed by atoms with Gasteiger partial charge in [0.2, 0.25) is 10.0 Å². The van der Waals surface area contributed by atoms with E-state index in [0.29, 0.717) is 52.2 Å². The number of aryl methyl sites for hydroxylation is 1. The smallest absolute Gasteiger partial charge is 0.255 e. The molecule has 0 radical (unpaired) electrons. The molecule has 1 fully saturated rings. The molecular formula is C24H27ClN4O3S. The first-order valence-corrected chi connectivity index (χ1v) is 12.8. The Morgan fingerprint density at radius 3 is 2.27 bits per heavy atom. The van der Waals surface area contributed by atoms with Crippen LogP contribution in [0.5, 0.6) is 0 Å². The van der Waals surface area contributed by atoms with Crippen molar-refractivity contribution in [3.63, 3.8) is 0 Å². The minimum atomic E-state index is -3.56. The number of aromatic nitrogens is 2. The predicted octanol–water partition coefficient (Wildman–Crippen LogP) is 4.63. The van der Waals surface area contributed by atoms with Crippen molar-refractivity contribution in [2.24, 2.45) is 0 Å². The van der Waals surface area contributed by atoms with E-state index in [9.17, 15) is 13.2 Å². The summed E-state index contributed by atoms with van der Waals surface area (Å²) in [5, 5.41) is 7.95. The molecular weight excluding hydrogens is 460 g/mol. The Morgan fingerprint density at radius 1 is 1.00 bits per heavy atom. The second-order valence-corrected chi connectivity index (χ2v) is 10.6. The van der Waals surface area contributed by atoms with Gasteiger partial charge < -0.3 is 5.32 Å². The number of halogens is 1. The highest BCUT2D eigenvalue weighted by atomic mass is 35.5. The molecule has 33 heavy (non-hydrogen) atoms. The summed E-state index contributed by atoms with van der Waals surface area (Å²) in [6.07, 6.45) is 2.85. The molecule has 2 heterocycles. The lowest BCUT2D eigenvalue weighted by molar-refractivity contribution is 0.102. The fourth-order valence-corrected chi connectivity index (χ4v) is 6.13. The number of sulfonamides is 1. The zero-order chi connectivity index (χ0) is 23.6. The minimum Gasteiger partial charge on any atom is -0.322 e. The summed E-state index contributed by atoms with van der Waals surface area (Å²) in [6.45, 7) is 5.08. The van der Waals surface area contributed by atoms with Crippen LogP contribution in [0.2, 0.25) is 5.02 Å². The molecule has 0 saturated carbocycles. The summed E-state index contributed by atoms with van der Waals surface area (Å²) in [5.74, 6) is -0.218. The average molecular weight is 487 g/mol. The number of hydrogen-bond donors (Lipinski definition) is 1. The predicted molar refractivity (Wildman–Crippen MR) is 129 cm³/mol. The summed E-state index contributed by atoms with van der Waals surface area (Å²) < 4.78 is 29.7. The van der Waals surface area contributed by atoms with Gasteiger partial charge in [0, 0.05) is 29.4 Å². The van der Waals surface area contributed by atoms with Crippen molar-refractivity contribution in [3.8, 4) is 0 Å². The molecule has 1 aromatic heterocycles. The molecule has 1 aliphatic rings. The van der Waals surface area contributed by atoms with Crippen molar-refractivity contribution in [2.75, 3.05) is 18.4 Å². The minimum absolute atomic E-state index is 0.218. The quantitative estimate of drug-likeness (QED) is 0.550. The largest absolute Gasteiger partial charge is 0.322 e. The van der Waals surface area contributed by atoms with Crippen molar-refractivity contribution < 1.29 is 13.2 Å². The molecule has 0 atom stereocenters. The lowest BCUT2D eigenvalue weighted by atomic mass is 10.1. The van der Waals surface area contributed by atoms with E-state index in [1.807, 2.05) is 12.1 Å². The lowest BCUT2D eigenvalue weighted by Crippen LogP contribution is -2.36. The van der Waals surface area contributed by atoms with E-state index in [1.54, 1.807) is 59.2 Å². The number of nitrogens with one attached hydrogen (secondary N) is 1. The Labute approximate surface area is 199 Å². The Kier molecular flexibility index (Phi) is 6.88. The van der Waals surface area contributed by atoms with Gasteiger partial charge in [0.25, 0.3) is 5.91 Å². The SMILES string of the molecule is Cc1nn(Cc2ccc(C(=O)Nc3ccc(Cl)cc3)cc2)c(C)c1S(=O)(=O)N1CCCCC1. The molecule has 174 valence electrons. The molecule has 0 spiro atoms. The van der Waals surface area contributed by atoms with Gasteiger partial charge in [-0.1, -0.05) is 30.2 Å². The molecule has 1 N–H and O–H groups in total. The van der Waals surface area contributed by atoms with Crippen LogP contribution in [0.1, 0.15) is 46.6 Å². The number of carbonyl (C=O) groups is 1. The van der Waals surface area contributed by atoms with Crippen molar-refractivity contribution in [2.45, 2.75) is 44.6 Å². The molecule has 7 nitrogen and oxygen atoms in total. The molecule has 1 amide bonds.